The van der Waals surface area contributed by atoms with E-state index in [9.17, 15) is 8.78 Å². The third kappa shape index (κ3) is 6.96. The van der Waals surface area contributed by atoms with Gasteiger partial charge in [-0.1, -0.05) is 0 Å². The van der Waals surface area contributed by atoms with E-state index in [0.717, 1.165) is 6.42 Å². The van der Waals surface area contributed by atoms with Crippen LogP contribution in [0, 0.1) is 0 Å². The number of alkyl halides is 2. The van der Waals surface area contributed by atoms with Crippen LogP contribution in [0.2, 0.25) is 0 Å². The summed E-state index contributed by atoms with van der Waals surface area (Å²) in [4.78, 5) is 4.38. The molecular weight excluding hydrogens is 371 g/mol. The first kappa shape index (κ1) is 18.2. The fourth-order valence-corrected chi connectivity index (χ4v) is 2.95. The van der Waals surface area contributed by atoms with Gasteiger partial charge in [0.2, 0.25) is 0 Å². The Hall–Kier alpha value is 0.210. The molecule has 0 amide bonds. The third-order valence-corrected chi connectivity index (χ3v) is 4.16. The molecule has 0 bridgehead atoms. The quantitative estimate of drug-likeness (QED) is 0.429. The first-order chi connectivity index (χ1) is 8.06. The van der Waals surface area contributed by atoms with Crippen LogP contribution in [-0.4, -0.2) is 42.5 Å². The number of nitrogens with one attached hydrogen (secondary N) is 2. The lowest BCUT2D eigenvalue weighted by atomic mass is 10.1. The van der Waals surface area contributed by atoms with E-state index in [2.05, 4.69) is 22.5 Å². The molecule has 2 N–H and O–H groups in total. The zero-order chi connectivity index (χ0) is 12.7. The molecule has 0 saturated carbocycles. The number of hydrogen-bond acceptors (Lipinski definition) is 2. The highest BCUT2D eigenvalue weighted by Gasteiger charge is 2.29. The average molecular weight is 393 g/mol. The van der Waals surface area contributed by atoms with E-state index in [-0.39, 0.29) is 35.3 Å². The zero-order valence-electron chi connectivity index (χ0n) is 10.8. The molecule has 1 fully saturated rings. The lowest BCUT2D eigenvalue weighted by Crippen LogP contribution is -2.40. The van der Waals surface area contributed by atoms with Crippen molar-refractivity contribution in [1.82, 2.24) is 10.6 Å². The van der Waals surface area contributed by atoms with Crippen LogP contribution in [0.1, 0.15) is 26.7 Å². The van der Waals surface area contributed by atoms with E-state index in [0.29, 0.717) is 19.0 Å². The summed E-state index contributed by atoms with van der Waals surface area (Å²) in [5.74, 6) is 1.66. The highest BCUT2D eigenvalue weighted by atomic mass is 127. The maximum atomic E-state index is 12.1. The van der Waals surface area contributed by atoms with Crippen LogP contribution >= 0.6 is 35.7 Å². The fraction of sp³-hybridized carbons (Fsp3) is 0.909. The van der Waals surface area contributed by atoms with Crippen molar-refractivity contribution in [3.63, 3.8) is 0 Å². The molecule has 0 aliphatic carbocycles. The molecule has 1 saturated heterocycles. The molecule has 3 nitrogen and oxygen atoms in total. The lowest BCUT2D eigenvalue weighted by Gasteiger charge is -2.20. The van der Waals surface area contributed by atoms with Gasteiger partial charge in [-0.05, 0) is 32.4 Å². The normalized spacial score (nSPS) is 23.9. The third-order valence-electron chi connectivity index (χ3n) is 2.64. The van der Waals surface area contributed by atoms with Gasteiger partial charge in [-0.15, -0.1) is 24.0 Å². The summed E-state index contributed by atoms with van der Waals surface area (Å²) in [5, 5.41) is 5.62. The average Bonchev–Trinajstić information content (AvgIpc) is 2.70. The molecule has 18 heavy (non-hydrogen) atoms. The predicted octanol–water partition coefficient (Wildman–Crippen LogP) is 2.71. The molecule has 1 heterocycles. The van der Waals surface area contributed by atoms with Gasteiger partial charge in [0, 0.05) is 11.3 Å². The molecule has 0 aromatic carbocycles. The Morgan fingerprint density at radius 3 is 2.67 bits per heavy atom. The zero-order valence-corrected chi connectivity index (χ0v) is 14.0. The summed E-state index contributed by atoms with van der Waals surface area (Å²) < 4.78 is 24.4. The molecule has 0 spiro atoms. The maximum absolute atomic E-state index is 12.1. The molecule has 0 aromatic heterocycles. The number of aliphatic imine (C=N–C) groups is 1. The van der Waals surface area contributed by atoms with Gasteiger partial charge in [-0.3, -0.25) is 4.99 Å². The van der Waals surface area contributed by atoms with E-state index < -0.39 is 6.43 Å². The lowest BCUT2D eigenvalue weighted by molar-refractivity contribution is 0.152. The first-order valence-electron chi connectivity index (χ1n) is 6.00. The van der Waals surface area contributed by atoms with E-state index in [1.807, 2.05) is 18.7 Å². The van der Waals surface area contributed by atoms with Crippen molar-refractivity contribution >= 4 is 41.7 Å². The first-order valence-corrected chi connectivity index (χ1v) is 6.98. The fourth-order valence-electron chi connectivity index (χ4n) is 1.72. The second-order valence-corrected chi connectivity index (χ2v) is 6.05. The highest BCUT2D eigenvalue weighted by Crippen LogP contribution is 2.37. The van der Waals surface area contributed by atoms with Crippen molar-refractivity contribution in [2.75, 3.05) is 25.4 Å². The van der Waals surface area contributed by atoms with Crippen LogP contribution in [0.3, 0.4) is 0 Å². The summed E-state index contributed by atoms with van der Waals surface area (Å²) in [6.07, 6.45) is 0.0166. The number of thioether (sulfide) groups is 1. The van der Waals surface area contributed by atoms with Gasteiger partial charge >= 0.3 is 0 Å². The second-order valence-electron chi connectivity index (χ2n) is 4.37. The van der Waals surface area contributed by atoms with Gasteiger partial charge in [0.15, 0.2) is 5.96 Å². The van der Waals surface area contributed by atoms with E-state index in [1.54, 1.807) is 0 Å². The molecule has 7 heteroatoms. The van der Waals surface area contributed by atoms with Gasteiger partial charge in [0.1, 0.15) is 0 Å². The van der Waals surface area contributed by atoms with Crippen molar-refractivity contribution in [2.24, 2.45) is 4.99 Å². The monoisotopic (exact) mass is 393 g/mol. The molecular formula is C11H22F2IN3S. The van der Waals surface area contributed by atoms with Crippen molar-refractivity contribution in [1.29, 1.82) is 0 Å². The molecule has 108 valence electrons. The summed E-state index contributed by atoms with van der Waals surface area (Å²) >= 11 is 1.92. The number of nitrogens with zero attached hydrogens (tertiary/aromatic N) is 1. The van der Waals surface area contributed by atoms with Crippen molar-refractivity contribution in [2.45, 2.75) is 37.9 Å². The summed E-state index contributed by atoms with van der Waals surface area (Å²) in [6, 6.07) is 0. The Morgan fingerprint density at radius 2 is 2.17 bits per heavy atom. The van der Waals surface area contributed by atoms with Crippen molar-refractivity contribution < 1.29 is 8.78 Å². The summed E-state index contributed by atoms with van der Waals surface area (Å²) in [5.41, 5.74) is 0. The maximum Gasteiger partial charge on any atom is 0.255 e. The van der Waals surface area contributed by atoms with E-state index in [1.165, 1.54) is 12.2 Å². The minimum Gasteiger partial charge on any atom is -0.357 e. The predicted molar refractivity (Wildman–Crippen MR) is 85.5 cm³/mol. The smallest absolute Gasteiger partial charge is 0.255 e. The number of guanidine groups is 1. The topological polar surface area (TPSA) is 36.4 Å². The Labute approximate surface area is 129 Å². The molecule has 1 aliphatic rings. The minimum absolute atomic E-state index is 0. The summed E-state index contributed by atoms with van der Waals surface area (Å²) in [7, 11) is 0. The second kappa shape index (κ2) is 9.17. The van der Waals surface area contributed by atoms with E-state index in [4.69, 9.17) is 0 Å². The van der Waals surface area contributed by atoms with Crippen LogP contribution in [-0.2, 0) is 0 Å². The van der Waals surface area contributed by atoms with Crippen LogP contribution in [0.4, 0.5) is 8.78 Å². The molecule has 1 unspecified atom stereocenters. The Bertz CT molecular complexity index is 259. The minimum atomic E-state index is -2.35. The van der Waals surface area contributed by atoms with Gasteiger partial charge in [0.25, 0.3) is 6.43 Å². The number of halogens is 3. The molecule has 1 rings (SSSR count). The van der Waals surface area contributed by atoms with E-state index >= 15 is 0 Å². The van der Waals surface area contributed by atoms with Crippen molar-refractivity contribution in [3.05, 3.63) is 0 Å². The van der Waals surface area contributed by atoms with Gasteiger partial charge in [-0.2, -0.15) is 11.8 Å². The molecule has 0 radical (unpaired) electrons. The Morgan fingerprint density at radius 1 is 1.44 bits per heavy atom. The highest BCUT2D eigenvalue weighted by molar-refractivity contribution is 14.0. The van der Waals surface area contributed by atoms with Crippen molar-refractivity contribution in [3.8, 4) is 0 Å². The largest absolute Gasteiger partial charge is 0.357 e. The Kier molecular flexibility index (Phi) is 9.27. The van der Waals surface area contributed by atoms with Gasteiger partial charge in [0.05, 0.1) is 13.1 Å². The van der Waals surface area contributed by atoms with Gasteiger partial charge in [-0.25, -0.2) is 8.78 Å². The van der Waals surface area contributed by atoms with Gasteiger partial charge < -0.3 is 10.6 Å². The molecule has 1 atom stereocenters. The number of hydrogen-bond donors (Lipinski definition) is 2. The van der Waals surface area contributed by atoms with Crippen LogP contribution in [0.25, 0.3) is 0 Å². The number of rotatable bonds is 5. The Balaban J connectivity index is 0.00000289. The van der Waals surface area contributed by atoms with Crippen LogP contribution in [0.5, 0.6) is 0 Å². The van der Waals surface area contributed by atoms with Crippen LogP contribution < -0.4 is 10.6 Å². The summed E-state index contributed by atoms with van der Waals surface area (Å²) in [6.45, 7) is 5.11. The molecule has 1 aliphatic heterocycles. The van der Waals surface area contributed by atoms with Crippen LogP contribution in [0.15, 0.2) is 4.99 Å². The molecule has 0 aromatic rings. The standard InChI is InChI=1S/C11H21F2N3S.HI/c1-3-14-10(15-7-9(12)13)16-8-11(2)5-4-6-17-11;/h9H,3-8H2,1-2H3,(H2,14,15,16);1H. The SMILES string of the molecule is CCNC(=NCC1(C)CCCS1)NCC(F)F.I.